The van der Waals surface area contributed by atoms with E-state index in [0.29, 0.717) is 18.4 Å². The van der Waals surface area contributed by atoms with Crippen LogP contribution in [0.1, 0.15) is 40.5 Å². The molecule has 0 aromatic heterocycles. The Morgan fingerprint density at radius 2 is 2.06 bits per heavy atom. The minimum atomic E-state index is -0.420. The first kappa shape index (κ1) is 14.3. The summed E-state index contributed by atoms with van der Waals surface area (Å²) < 4.78 is 5.39. The second-order valence-electron chi connectivity index (χ2n) is 5.88. The lowest BCUT2D eigenvalue weighted by Gasteiger charge is -2.38. The van der Waals surface area contributed by atoms with Crippen LogP contribution in [0.3, 0.4) is 0 Å². The molecule has 1 heterocycles. The normalized spacial score (nSPS) is 25.8. The number of nitrogens with two attached hydrogens (primary N) is 1. The molecule has 2 atom stereocenters. The third kappa shape index (κ3) is 4.19. The minimum absolute atomic E-state index is 0.203. The van der Waals surface area contributed by atoms with Gasteiger partial charge in [0, 0.05) is 13.1 Å². The molecule has 2 unspecified atom stereocenters. The Hall–Kier alpha value is -0.770. The fraction of sp³-hybridized carbons (Fsp3) is 0.923. The van der Waals surface area contributed by atoms with E-state index in [-0.39, 0.29) is 6.09 Å². The van der Waals surface area contributed by atoms with Gasteiger partial charge in [0.05, 0.1) is 0 Å². The SMILES string of the molecule is CCC1CCN(C(=O)OC(C)(C)C)CC1CN. The highest BCUT2D eigenvalue weighted by atomic mass is 16.6. The van der Waals surface area contributed by atoms with Gasteiger partial charge in [-0.2, -0.15) is 0 Å². The number of likely N-dealkylation sites (tertiary alicyclic amines) is 1. The molecule has 1 amide bonds. The van der Waals surface area contributed by atoms with E-state index in [1.165, 1.54) is 0 Å². The first-order valence-corrected chi connectivity index (χ1v) is 6.55. The Bertz CT molecular complexity index is 261. The van der Waals surface area contributed by atoms with Crippen molar-refractivity contribution in [3.8, 4) is 0 Å². The monoisotopic (exact) mass is 242 g/mol. The first-order chi connectivity index (χ1) is 7.87. The molecule has 4 heteroatoms. The highest BCUT2D eigenvalue weighted by Crippen LogP contribution is 2.26. The van der Waals surface area contributed by atoms with Gasteiger partial charge in [0.25, 0.3) is 0 Å². The average Bonchev–Trinajstić information content (AvgIpc) is 2.25. The van der Waals surface area contributed by atoms with Crippen molar-refractivity contribution in [2.45, 2.75) is 46.1 Å². The number of rotatable bonds is 2. The molecule has 0 aliphatic carbocycles. The average molecular weight is 242 g/mol. The standard InChI is InChI=1S/C13H26N2O2/c1-5-10-6-7-15(9-11(10)8-14)12(16)17-13(2,3)4/h10-11H,5-9,14H2,1-4H3. The fourth-order valence-electron chi connectivity index (χ4n) is 2.38. The molecule has 0 spiro atoms. The van der Waals surface area contributed by atoms with E-state index < -0.39 is 5.60 Å². The molecule has 1 rings (SSSR count). The third-order valence-electron chi connectivity index (χ3n) is 3.37. The molecule has 0 aromatic rings. The van der Waals surface area contributed by atoms with Gasteiger partial charge >= 0.3 is 6.09 Å². The Morgan fingerprint density at radius 3 is 2.53 bits per heavy atom. The van der Waals surface area contributed by atoms with Gasteiger partial charge in [0.1, 0.15) is 5.60 Å². The summed E-state index contributed by atoms with van der Waals surface area (Å²) in [6.07, 6.45) is 1.98. The van der Waals surface area contributed by atoms with Crippen molar-refractivity contribution in [2.75, 3.05) is 19.6 Å². The highest BCUT2D eigenvalue weighted by Gasteiger charge is 2.31. The van der Waals surface area contributed by atoms with Crippen molar-refractivity contribution in [3.63, 3.8) is 0 Å². The van der Waals surface area contributed by atoms with E-state index in [1.54, 1.807) is 4.90 Å². The largest absolute Gasteiger partial charge is 0.444 e. The summed E-state index contributed by atoms with van der Waals surface area (Å²) in [6.45, 7) is 10.1. The molecule has 2 N–H and O–H groups in total. The van der Waals surface area contributed by atoms with Gasteiger partial charge in [-0.15, -0.1) is 0 Å². The molecule has 1 fully saturated rings. The van der Waals surface area contributed by atoms with E-state index in [4.69, 9.17) is 10.5 Å². The number of carbonyl (C=O) groups excluding carboxylic acids is 1. The lowest BCUT2D eigenvalue weighted by atomic mass is 9.84. The summed E-state index contributed by atoms with van der Waals surface area (Å²) >= 11 is 0. The zero-order valence-corrected chi connectivity index (χ0v) is 11.5. The van der Waals surface area contributed by atoms with Crippen LogP contribution in [-0.4, -0.2) is 36.2 Å². The molecule has 0 bridgehead atoms. The molecule has 17 heavy (non-hydrogen) atoms. The van der Waals surface area contributed by atoms with E-state index in [9.17, 15) is 4.79 Å². The molecule has 1 aliphatic rings. The topological polar surface area (TPSA) is 55.6 Å². The summed E-state index contributed by atoms with van der Waals surface area (Å²) in [5.41, 5.74) is 5.36. The van der Waals surface area contributed by atoms with Crippen LogP contribution in [0.4, 0.5) is 4.79 Å². The Kier molecular flexibility index (Phi) is 4.80. The molecule has 0 saturated carbocycles. The van der Waals surface area contributed by atoms with Crippen molar-refractivity contribution in [1.82, 2.24) is 4.90 Å². The van der Waals surface area contributed by atoms with Crippen molar-refractivity contribution >= 4 is 6.09 Å². The van der Waals surface area contributed by atoms with Crippen molar-refractivity contribution in [2.24, 2.45) is 17.6 Å². The maximum Gasteiger partial charge on any atom is 0.410 e. The van der Waals surface area contributed by atoms with Crippen molar-refractivity contribution in [1.29, 1.82) is 0 Å². The number of nitrogens with zero attached hydrogens (tertiary/aromatic N) is 1. The van der Waals surface area contributed by atoms with Gasteiger partial charge in [-0.1, -0.05) is 13.3 Å². The molecular formula is C13H26N2O2. The Balaban J connectivity index is 2.54. The maximum absolute atomic E-state index is 11.9. The maximum atomic E-state index is 11.9. The summed E-state index contributed by atoms with van der Waals surface area (Å²) in [6, 6.07) is 0. The van der Waals surface area contributed by atoms with Crippen LogP contribution >= 0.6 is 0 Å². The predicted octanol–water partition coefficient (Wildman–Crippen LogP) is 2.23. The smallest absolute Gasteiger partial charge is 0.410 e. The van der Waals surface area contributed by atoms with Gasteiger partial charge in [-0.3, -0.25) is 0 Å². The van der Waals surface area contributed by atoms with Gasteiger partial charge in [0.2, 0.25) is 0 Å². The lowest BCUT2D eigenvalue weighted by molar-refractivity contribution is 0.0107. The van der Waals surface area contributed by atoms with Gasteiger partial charge < -0.3 is 15.4 Å². The fourth-order valence-corrected chi connectivity index (χ4v) is 2.38. The zero-order chi connectivity index (χ0) is 13.1. The molecule has 100 valence electrons. The molecule has 0 aromatic carbocycles. The number of hydrogen-bond acceptors (Lipinski definition) is 3. The first-order valence-electron chi connectivity index (χ1n) is 6.55. The molecule has 1 aliphatic heterocycles. The summed E-state index contributed by atoms with van der Waals surface area (Å²) in [5.74, 6) is 1.07. The molecule has 0 radical (unpaired) electrons. The lowest BCUT2D eigenvalue weighted by Crippen LogP contribution is -2.47. The number of piperidine rings is 1. The van der Waals surface area contributed by atoms with Crippen molar-refractivity contribution < 1.29 is 9.53 Å². The third-order valence-corrected chi connectivity index (χ3v) is 3.37. The van der Waals surface area contributed by atoms with Crippen LogP contribution in [0.25, 0.3) is 0 Å². The molecule has 4 nitrogen and oxygen atoms in total. The van der Waals surface area contributed by atoms with E-state index in [2.05, 4.69) is 6.92 Å². The van der Waals surface area contributed by atoms with Crippen LogP contribution < -0.4 is 5.73 Å². The Morgan fingerprint density at radius 1 is 1.41 bits per heavy atom. The number of amides is 1. The number of carbonyl (C=O) groups is 1. The molecular weight excluding hydrogens is 216 g/mol. The molecule has 1 saturated heterocycles. The van der Waals surface area contributed by atoms with E-state index in [1.807, 2.05) is 20.8 Å². The number of hydrogen-bond donors (Lipinski definition) is 1. The second-order valence-corrected chi connectivity index (χ2v) is 5.88. The quantitative estimate of drug-likeness (QED) is 0.808. The zero-order valence-electron chi connectivity index (χ0n) is 11.5. The Labute approximate surface area is 104 Å². The van der Waals surface area contributed by atoms with Gasteiger partial charge in [0.15, 0.2) is 0 Å². The second kappa shape index (κ2) is 5.71. The summed E-state index contributed by atoms with van der Waals surface area (Å²) in [5, 5.41) is 0. The van der Waals surface area contributed by atoms with E-state index in [0.717, 1.165) is 25.9 Å². The van der Waals surface area contributed by atoms with Crippen molar-refractivity contribution in [3.05, 3.63) is 0 Å². The van der Waals surface area contributed by atoms with E-state index >= 15 is 0 Å². The van der Waals surface area contributed by atoms with Crippen LogP contribution in [0.2, 0.25) is 0 Å². The van der Waals surface area contributed by atoms with Gasteiger partial charge in [-0.25, -0.2) is 4.79 Å². The summed E-state index contributed by atoms with van der Waals surface area (Å²) in [4.78, 5) is 13.7. The number of ether oxygens (including phenoxy) is 1. The highest BCUT2D eigenvalue weighted by molar-refractivity contribution is 5.68. The van der Waals surface area contributed by atoms with Crippen LogP contribution in [0.15, 0.2) is 0 Å². The van der Waals surface area contributed by atoms with Crippen LogP contribution in [0, 0.1) is 11.8 Å². The summed E-state index contributed by atoms with van der Waals surface area (Å²) in [7, 11) is 0. The predicted molar refractivity (Wildman–Crippen MR) is 68.7 cm³/mol. The minimum Gasteiger partial charge on any atom is -0.444 e. The van der Waals surface area contributed by atoms with Crippen LogP contribution in [-0.2, 0) is 4.74 Å². The van der Waals surface area contributed by atoms with Crippen LogP contribution in [0.5, 0.6) is 0 Å². The van der Waals surface area contributed by atoms with Gasteiger partial charge in [-0.05, 0) is 45.6 Å².